The van der Waals surface area contributed by atoms with Crippen LogP contribution in [0.2, 0.25) is 0 Å². The molecular weight excluding hydrogens is 248 g/mol. The number of benzene rings is 1. The van der Waals surface area contributed by atoms with Gasteiger partial charge in [-0.25, -0.2) is 0 Å². The van der Waals surface area contributed by atoms with Gasteiger partial charge in [0, 0.05) is 24.2 Å². The van der Waals surface area contributed by atoms with Gasteiger partial charge < -0.3 is 10.1 Å². The molecule has 1 saturated heterocycles. The number of rotatable bonds is 5. The molecule has 20 heavy (non-hydrogen) atoms. The molecule has 0 radical (unpaired) electrons. The van der Waals surface area contributed by atoms with Gasteiger partial charge >= 0.3 is 0 Å². The van der Waals surface area contributed by atoms with Crippen LogP contribution in [0.3, 0.4) is 0 Å². The number of para-hydroxylation sites is 1. The average Bonchev–Trinajstić information content (AvgIpc) is 2.99. The number of hydrogen-bond acceptors (Lipinski definition) is 3. The Morgan fingerprint density at radius 2 is 2.30 bits per heavy atom. The molecule has 0 aliphatic carbocycles. The van der Waals surface area contributed by atoms with Crippen LogP contribution in [-0.2, 0) is 4.74 Å². The Bertz CT molecular complexity index is 564. The molecule has 2 atom stereocenters. The normalized spacial score (nSPS) is 20.4. The molecule has 2 unspecified atom stereocenters. The van der Waals surface area contributed by atoms with Crippen molar-refractivity contribution in [2.45, 2.75) is 38.3 Å². The van der Waals surface area contributed by atoms with Gasteiger partial charge in [-0.1, -0.05) is 25.1 Å². The standard InChI is InChI=1S/C17H22N2O/c1-2-18-17(11-15-7-5-9-20-15)14-10-13-6-3-4-8-16(13)19-12-14/h3-4,6,8,10,12,15,17-18H,2,5,7,9,11H2,1H3. The van der Waals surface area contributed by atoms with Gasteiger partial charge in [0.2, 0.25) is 0 Å². The first-order chi connectivity index (χ1) is 9.86. The number of nitrogens with zero attached hydrogens (tertiary/aromatic N) is 1. The van der Waals surface area contributed by atoms with Gasteiger partial charge in [-0.2, -0.15) is 0 Å². The minimum atomic E-state index is 0.334. The number of hydrogen-bond donors (Lipinski definition) is 1. The van der Waals surface area contributed by atoms with Crippen molar-refractivity contribution in [3.8, 4) is 0 Å². The summed E-state index contributed by atoms with van der Waals surface area (Å²) >= 11 is 0. The van der Waals surface area contributed by atoms with E-state index in [-0.39, 0.29) is 0 Å². The first-order valence-electron chi connectivity index (χ1n) is 7.56. The van der Waals surface area contributed by atoms with Crippen LogP contribution in [0.4, 0.5) is 0 Å². The van der Waals surface area contributed by atoms with Crippen molar-refractivity contribution < 1.29 is 4.74 Å². The van der Waals surface area contributed by atoms with E-state index in [1.165, 1.54) is 23.8 Å². The van der Waals surface area contributed by atoms with Gasteiger partial charge in [0.25, 0.3) is 0 Å². The zero-order valence-corrected chi connectivity index (χ0v) is 12.0. The van der Waals surface area contributed by atoms with Gasteiger partial charge in [0.15, 0.2) is 0 Å². The van der Waals surface area contributed by atoms with Crippen LogP contribution in [0.5, 0.6) is 0 Å². The molecule has 2 heterocycles. The molecule has 1 aliphatic rings. The fourth-order valence-corrected chi connectivity index (χ4v) is 2.96. The van der Waals surface area contributed by atoms with Gasteiger partial charge in [-0.05, 0) is 43.5 Å². The summed E-state index contributed by atoms with van der Waals surface area (Å²) in [7, 11) is 0. The lowest BCUT2D eigenvalue weighted by molar-refractivity contribution is 0.0947. The fraction of sp³-hybridized carbons (Fsp3) is 0.471. The first-order valence-corrected chi connectivity index (χ1v) is 7.56. The van der Waals surface area contributed by atoms with Crippen LogP contribution in [0.25, 0.3) is 10.9 Å². The van der Waals surface area contributed by atoms with E-state index in [4.69, 9.17) is 4.74 Å². The zero-order valence-electron chi connectivity index (χ0n) is 12.0. The summed E-state index contributed by atoms with van der Waals surface area (Å²) in [6.45, 7) is 4.03. The van der Waals surface area contributed by atoms with E-state index >= 15 is 0 Å². The average molecular weight is 270 g/mol. The minimum absolute atomic E-state index is 0.334. The third-order valence-electron chi connectivity index (χ3n) is 3.99. The van der Waals surface area contributed by atoms with E-state index in [1.54, 1.807) is 0 Å². The summed E-state index contributed by atoms with van der Waals surface area (Å²) in [5, 5.41) is 4.78. The Hall–Kier alpha value is -1.45. The van der Waals surface area contributed by atoms with E-state index in [9.17, 15) is 0 Å². The molecule has 0 amide bonds. The molecule has 1 N–H and O–H groups in total. The highest BCUT2D eigenvalue weighted by Crippen LogP contribution is 2.26. The molecule has 3 heteroatoms. The summed E-state index contributed by atoms with van der Waals surface area (Å²) in [6.07, 6.45) is 5.81. The van der Waals surface area contributed by atoms with E-state index < -0.39 is 0 Å². The lowest BCUT2D eigenvalue weighted by Gasteiger charge is -2.21. The highest BCUT2D eigenvalue weighted by Gasteiger charge is 2.21. The Morgan fingerprint density at radius 3 is 3.10 bits per heavy atom. The smallest absolute Gasteiger partial charge is 0.0702 e. The maximum atomic E-state index is 5.78. The molecule has 0 spiro atoms. The van der Waals surface area contributed by atoms with E-state index in [1.807, 2.05) is 12.3 Å². The van der Waals surface area contributed by atoms with Crippen LogP contribution in [0.15, 0.2) is 36.5 Å². The maximum Gasteiger partial charge on any atom is 0.0702 e. The molecule has 1 aliphatic heterocycles. The highest BCUT2D eigenvalue weighted by atomic mass is 16.5. The molecule has 3 rings (SSSR count). The maximum absolute atomic E-state index is 5.78. The van der Waals surface area contributed by atoms with E-state index in [0.717, 1.165) is 25.1 Å². The lowest BCUT2D eigenvalue weighted by Crippen LogP contribution is -2.25. The zero-order chi connectivity index (χ0) is 13.8. The first kappa shape index (κ1) is 13.5. The Morgan fingerprint density at radius 1 is 1.40 bits per heavy atom. The molecule has 3 nitrogen and oxygen atoms in total. The second kappa shape index (κ2) is 6.33. The van der Waals surface area contributed by atoms with Crippen molar-refractivity contribution in [1.82, 2.24) is 10.3 Å². The second-order valence-corrected chi connectivity index (χ2v) is 5.44. The molecular formula is C17H22N2O. The molecule has 1 aromatic heterocycles. The molecule has 2 aromatic rings. The van der Waals surface area contributed by atoms with Crippen molar-refractivity contribution in [2.75, 3.05) is 13.2 Å². The Labute approximate surface area is 120 Å². The quantitative estimate of drug-likeness (QED) is 0.903. The third kappa shape index (κ3) is 3.00. The van der Waals surface area contributed by atoms with Gasteiger partial charge in [-0.3, -0.25) is 4.98 Å². The van der Waals surface area contributed by atoms with Gasteiger partial charge in [0.1, 0.15) is 0 Å². The number of aromatic nitrogens is 1. The Balaban J connectivity index is 1.83. The molecule has 1 aromatic carbocycles. The van der Waals surface area contributed by atoms with Crippen molar-refractivity contribution >= 4 is 10.9 Å². The number of ether oxygens (including phenoxy) is 1. The topological polar surface area (TPSA) is 34.1 Å². The number of pyridine rings is 1. The largest absolute Gasteiger partial charge is 0.378 e. The van der Waals surface area contributed by atoms with Crippen molar-refractivity contribution in [3.05, 3.63) is 42.1 Å². The molecule has 0 bridgehead atoms. The van der Waals surface area contributed by atoms with Crippen LogP contribution >= 0.6 is 0 Å². The van der Waals surface area contributed by atoms with Gasteiger partial charge in [0.05, 0.1) is 11.6 Å². The van der Waals surface area contributed by atoms with Crippen LogP contribution < -0.4 is 5.32 Å². The van der Waals surface area contributed by atoms with Crippen molar-refractivity contribution in [3.63, 3.8) is 0 Å². The summed E-state index contributed by atoms with van der Waals surface area (Å²) < 4.78 is 5.78. The fourth-order valence-electron chi connectivity index (χ4n) is 2.96. The van der Waals surface area contributed by atoms with Crippen molar-refractivity contribution in [2.24, 2.45) is 0 Å². The SMILES string of the molecule is CCNC(CC1CCCO1)c1cnc2ccccc2c1. The Kier molecular flexibility index (Phi) is 4.28. The summed E-state index contributed by atoms with van der Waals surface area (Å²) in [6, 6.07) is 10.9. The molecule has 1 fully saturated rings. The molecule has 0 saturated carbocycles. The monoisotopic (exact) mass is 270 g/mol. The number of fused-ring (bicyclic) bond motifs is 1. The van der Waals surface area contributed by atoms with Crippen LogP contribution in [-0.4, -0.2) is 24.2 Å². The van der Waals surface area contributed by atoms with Crippen molar-refractivity contribution in [1.29, 1.82) is 0 Å². The third-order valence-corrected chi connectivity index (χ3v) is 3.99. The van der Waals surface area contributed by atoms with E-state index in [0.29, 0.717) is 12.1 Å². The predicted octanol–water partition coefficient (Wildman–Crippen LogP) is 3.45. The minimum Gasteiger partial charge on any atom is -0.378 e. The molecule has 106 valence electrons. The predicted molar refractivity (Wildman–Crippen MR) is 81.8 cm³/mol. The summed E-state index contributed by atoms with van der Waals surface area (Å²) in [5.74, 6) is 0. The summed E-state index contributed by atoms with van der Waals surface area (Å²) in [5.41, 5.74) is 2.32. The van der Waals surface area contributed by atoms with Crippen LogP contribution in [0.1, 0.15) is 37.8 Å². The van der Waals surface area contributed by atoms with Gasteiger partial charge in [-0.15, -0.1) is 0 Å². The number of nitrogens with one attached hydrogen (secondary N) is 1. The summed E-state index contributed by atoms with van der Waals surface area (Å²) in [4.78, 5) is 4.58. The highest BCUT2D eigenvalue weighted by molar-refractivity contribution is 5.78. The second-order valence-electron chi connectivity index (χ2n) is 5.44. The van der Waals surface area contributed by atoms with Crippen LogP contribution in [0, 0.1) is 0 Å². The lowest BCUT2D eigenvalue weighted by atomic mass is 9.99. The van der Waals surface area contributed by atoms with E-state index in [2.05, 4.69) is 41.5 Å².